The molecule has 1 aliphatic heterocycles. The van der Waals surface area contributed by atoms with Crippen molar-refractivity contribution in [2.24, 2.45) is 5.92 Å². The van der Waals surface area contributed by atoms with E-state index in [2.05, 4.69) is 5.32 Å². The van der Waals surface area contributed by atoms with Crippen molar-refractivity contribution >= 4 is 9.84 Å². The lowest BCUT2D eigenvalue weighted by atomic mass is 9.95. The average Bonchev–Trinajstić information content (AvgIpc) is 2.38. The third kappa shape index (κ3) is 3.76. The van der Waals surface area contributed by atoms with Gasteiger partial charge in [-0.05, 0) is 56.5 Å². The maximum absolute atomic E-state index is 13.1. The summed E-state index contributed by atoms with van der Waals surface area (Å²) >= 11 is 0. The predicted molar refractivity (Wildman–Crippen MR) is 74.1 cm³/mol. The summed E-state index contributed by atoms with van der Waals surface area (Å²) in [6, 6.07) is 5.84. The SMILES string of the molecule is CC(C1CCNCC1)S(=O)(=O)Cc1cccc(F)c1. The lowest BCUT2D eigenvalue weighted by Crippen LogP contribution is -2.36. The summed E-state index contributed by atoms with van der Waals surface area (Å²) in [5, 5.41) is 2.87. The second kappa shape index (κ2) is 6.01. The summed E-state index contributed by atoms with van der Waals surface area (Å²) in [5.74, 6) is -0.252. The van der Waals surface area contributed by atoms with Crippen LogP contribution in [0, 0.1) is 11.7 Å². The fraction of sp³-hybridized carbons (Fsp3) is 0.571. The van der Waals surface area contributed by atoms with Crippen LogP contribution in [0.1, 0.15) is 25.3 Å². The van der Waals surface area contributed by atoms with Crippen molar-refractivity contribution in [3.05, 3.63) is 35.6 Å². The second-order valence-corrected chi connectivity index (χ2v) is 7.59. The molecule has 106 valence electrons. The first-order valence-electron chi connectivity index (χ1n) is 6.66. The third-order valence-corrected chi connectivity index (χ3v) is 6.12. The molecule has 0 radical (unpaired) electrons. The van der Waals surface area contributed by atoms with Crippen LogP contribution in [0.5, 0.6) is 0 Å². The van der Waals surface area contributed by atoms with E-state index in [0.717, 1.165) is 25.9 Å². The first-order chi connectivity index (χ1) is 8.99. The van der Waals surface area contributed by atoms with Gasteiger partial charge in [-0.3, -0.25) is 0 Å². The standard InChI is InChI=1S/C14H20FNO2S/c1-11(13-5-7-16-8-6-13)19(17,18)10-12-3-2-4-14(15)9-12/h2-4,9,11,13,16H,5-8,10H2,1H3. The zero-order valence-electron chi connectivity index (χ0n) is 11.1. The Labute approximate surface area is 114 Å². The Morgan fingerprint density at radius 1 is 1.37 bits per heavy atom. The van der Waals surface area contributed by atoms with Gasteiger partial charge >= 0.3 is 0 Å². The van der Waals surface area contributed by atoms with Crippen molar-refractivity contribution in [3.8, 4) is 0 Å². The molecule has 1 unspecified atom stereocenters. The molecule has 0 bridgehead atoms. The van der Waals surface area contributed by atoms with Crippen molar-refractivity contribution in [2.45, 2.75) is 30.8 Å². The third-order valence-electron chi connectivity index (χ3n) is 3.87. The molecule has 1 fully saturated rings. The fourth-order valence-electron chi connectivity index (χ4n) is 2.60. The van der Waals surface area contributed by atoms with Gasteiger partial charge in [-0.25, -0.2) is 12.8 Å². The molecule has 1 aromatic rings. The van der Waals surface area contributed by atoms with Gasteiger partial charge in [0, 0.05) is 0 Å². The van der Waals surface area contributed by atoms with Crippen molar-refractivity contribution in [1.29, 1.82) is 0 Å². The number of rotatable bonds is 4. The Balaban J connectivity index is 2.08. The normalized spacial score (nSPS) is 19.3. The topological polar surface area (TPSA) is 46.2 Å². The first kappa shape index (κ1) is 14.5. The average molecular weight is 285 g/mol. The van der Waals surface area contributed by atoms with Gasteiger partial charge < -0.3 is 5.32 Å². The van der Waals surface area contributed by atoms with E-state index < -0.39 is 9.84 Å². The van der Waals surface area contributed by atoms with E-state index in [1.165, 1.54) is 12.1 Å². The maximum Gasteiger partial charge on any atom is 0.157 e. The molecule has 1 heterocycles. The van der Waals surface area contributed by atoms with Gasteiger partial charge in [-0.2, -0.15) is 0 Å². The largest absolute Gasteiger partial charge is 0.317 e. The number of nitrogens with one attached hydrogen (secondary N) is 1. The summed E-state index contributed by atoms with van der Waals surface area (Å²) in [6.45, 7) is 3.54. The highest BCUT2D eigenvalue weighted by atomic mass is 32.2. The molecule has 2 rings (SSSR count). The molecule has 0 aromatic heterocycles. The highest BCUT2D eigenvalue weighted by molar-refractivity contribution is 7.91. The van der Waals surface area contributed by atoms with E-state index in [1.807, 2.05) is 0 Å². The van der Waals surface area contributed by atoms with E-state index in [4.69, 9.17) is 0 Å². The lowest BCUT2D eigenvalue weighted by molar-refractivity contribution is 0.363. The number of benzene rings is 1. The zero-order valence-corrected chi connectivity index (χ0v) is 11.9. The molecule has 1 aromatic carbocycles. The van der Waals surface area contributed by atoms with Crippen molar-refractivity contribution < 1.29 is 12.8 Å². The summed E-state index contributed by atoms with van der Waals surface area (Å²) in [4.78, 5) is 0. The number of hydrogen-bond donors (Lipinski definition) is 1. The summed E-state index contributed by atoms with van der Waals surface area (Å²) in [5.41, 5.74) is 0.529. The number of hydrogen-bond acceptors (Lipinski definition) is 3. The Hall–Kier alpha value is -0.940. The summed E-state index contributed by atoms with van der Waals surface area (Å²) < 4.78 is 37.8. The van der Waals surface area contributed by atoms with Crippen LogP contribution in [0.15, 0.2) is 24.3 Å². The van der Waals surface area contributed by atoms with Crippen molar-refractivity contribution in [2.75, 3.05) is 13.1 Å². The van der Waals surface area contributed by atoms with Crippen LogP contribution in [-0.4, -0.2) is 26.8 Å². The van der Waals surface area contributed by atoms with Crippen LogP contribution in [0.3, 0.4) is 0 Å². The van der Waals surface area contributed by atoms with Gasteiger partial charge in [0.1, 0.15) is 5.82 Å². The molecular weight excluding hydrogens is 265 g/mol. The number of piperidine rings is 1. The number of halogens is 1. The molecule has 0 spiro atoms. The van der Waals surface area contributed by atoms with Gasteiger partial charge in [-0.15, -0.1) is 0 Å². The second-order valence-electron chi connectivity index (χ2n) is 5.23. The van der Waals surface area contributed by atoms with Crippen LogP contribution in [0.4, 0.5) is 4.39 Å². The van der Waals surface area contributed by atoms with E-state index >= 15 is 0 Å². The number of sulfone groups is 1. The summed E-state index contributed by atoms with van der Waals surface area (Å²) in [7, 11) is -3.22. The Kier molecular flexibility index (Phi) is 4.58. The molecule has 0 saturated carbocycles. The molecule has 1 atom stereocenters. The molecule has 5 heteroatoms. The minimum atomic E-state index is -3.22. The highest BCUT2D eigenvalue weighted by Gasteiger charge is 2.30. The Morgan fingerprint density at radius 3 is 2.68 bits per heavy atom. The minimum absolute atomic E-state index is 0.0736. The fourth-order valence-corrected chi connectivity index (χ4v) is 4.36. The molecule has 0 aliphatic carbocycles. The molecule has 1 aliphatic rings. The van der Waals surface area contributed by atoms with Gasteiger partial charge in [0.05, 0.1) is 11.0 Å². The van der Waals surface area contributed by atoms with E-state index in [1.54, 1.807) is 19.1 Å². The maximum atomic E-state index is 13.1. The minimum Gasteiger partial charge on any atom is -0.317 e. The first-order valence-corrected chi connectivity index (χ1v) is 8.37. The van der Waals surface area contributed by atoms with Crippen LogP contribution in [0.2, 0.25) is 0 Å². The van der Waals surface area contributed by atoms with E-state index in [9.17, 15) is 12.8 Å². The Bertz CT molecular complexity index is 524. The van der Waals surface area contributed by atoms with Gasteiger partial charge in [0.2, 0.25) is 0 Å². The summed E-state index contributed by atoms with van der Waals surface area (Å²) in [6.07, 6.45) is 1.78. The monoisotopic (exact) mass is 285 g/mol. The van der Waals surface area contributed by atoms with Crippen LogP contribution < -0.4 is 5.32 Å². The zero-order chi connectivity index (χ0) is 13.9. The van der Waals surface area contributed by atoms with Crippen LogP contribution >= 0.6 is 0 Å². The molecular formula is C14H20FNO2S. The van der Waals surface area contributed by atoms with E-state index in [0.29, 0.717) is 5.56 Å². The van der Waals surface area contributed by atoms with Crippen LogP contribution in [-0.2, 0) is 15.6 Å². The van der Waals surface area contributed by atoms with Crippen molar-refractivity contribution in [1.82, 2.24) is 5.32 Å². The van der Waals surface area contributed by atoms with Gasteiger partial charge in [0.25, 0.3) is 0 Å². The van der Waals surface area contributed by atoms with E-state index in [-0.39, 0.29) is 22.7 Å². The van der Waals surface area contributed by atoms with Crippen molar-refractivity contribution in [3.63, 3.8) is 0 Å². The van der Waals surface area contributed by atoms with Gasteiger partial charge in [0.15, 0.2) is 9.84 Å². The van der Waals surface area contributed by atoms with Crippen LogP contribution in [0.25, 0.3) is 0 Å². The highest BCUT2D eigenvalue weighted by Crippen LogP contribution is 2.24. The lowest BCUT2D eigenvalue weighted by Gasteiger charge is -2.28. The molecule has 19 heavy (non-hydrogen) atoms. The smallest absolute Gasteiger partial charge is 0.157 e. The molecule has 1 N–H and O–H groups in total. The molecule has 0 amide bonds. The molecule has 3 nitrogen and oxygen atoms in total. The molecule has 1 saturated heterocycles. The quantitative estimate of drug-likeness (QED) is 0.922. The Morgan fingerprint density at radius 2 is 2.05 bits per heavy atom. The predicted octanol–water partition coefficient (Wildman–Crippen LogP) is 2.13. The van der Waals surface area contributed by atoms with Gasteiger partial charge in [-0.1, -0.05) is 12.1 Å².